The zero-order valence-corrected chi connectivity index (χ0v) is 22.0. The number of nitro groups is 1. The van der Waals surface area contributed by atoms with E-state index in [0.717, 1.165) is 27.8 Å². The fraction of sp³-hybridized carbons (Fsp3) is 0.188. The second kappa shape index (κ2) is 10.3. The number of hydrogen-bond acceptors (Lipinski definition) is 7. The number of rotatable bonds is 6. The zero-order valence-electron chi connectivity index (χ0n) is 22.0. The molecule has 0 spiro atoms. The molecule has 0 radical (unpaired) electrons. The average molecular weight is 553 g/mol. The number of benzene rings is 4. The van der Waals surface area contributed by atoms with Gasteiger partial charge < -0.3 is 9.47 Å². The number of hydrogen-bond donors (Lipinski definition) is 0. The third kappa shape index (κ3) is 4.08. The Morgan fingerprint density at radius 3 is 2.00 bits per heavy atom. The number of non-ortho nitro benzene ring substituents is 1. The molecule has 1 heterocycles. The van der Waals surface area contributed by atoms with Gasteiger partial charge >= 0.3 is 11.9 Å². The van der Waals surface area contributed by atoms with E-state index in [0.29, 0.717) is 0 Å². The van der Waals surface area contributed by atoms with Crippen molar-refractivity contribution in [2.75, 3.05) is 13.7 Å². The highest BCUT2D eigenvalue weighted by Crippen LogP contribution is 2.56. The molecule has 0 saturated carbocycles. The fourth-order valence-corrected chi connectivity index (χ4v) is 6.21. The summed E-state index contributed by atoms with van der Waals surface area (Å²) in [7, 11) is 1.20. The van der Waals surface area contributed by atoms with E-state index in [2.05, 4.69) is 0 Å². The molecule has 1 fully saturated rings. The van der Waals surface area contributed by atoms with Crippen molar-refractivity contribution in [1.29, 1.82) is 0 Å². The van der Waals surface area contributed by atoms with Crippen LogP contribution in [0.5, 0.6) is 0 Å². The number of carbonyl (C=O) groups excluding carboxylic acids is 2. The Kier molecular flexibility index (Phi) is 6.59. The highest BCUT2D eigenvalue weighted by molar-refractivity contribution is 5.90. The van der Waals surface area contributed by atoms with E-state index >= 15 is 4.39 Å². The Morgan fingerprint density at radius 1 is 0.878 bits per heavy atom. The predicted molar refractivity (Wildman–Crippen MR) is 148 cm³/mol. The van der Waals surface area contributed by atoms with Crippen molar-refractivity contribution in [3.8, 4) is 11.1 Å². The maximum Gasteiger partial charge on any atom is 0.338 e. The lowest BCUT2D eigenvalue weighted by Gasteiger charge is -2.43. The highest BCUT2D eigenvalue weighted by Gasteiger charge is 2.60. The number of esters is 2. The van der Waals surface area contributed by atoms with Gasteiger partial charge in [0.15, 0.2) is 6.17 Å². The lowest BCUT2D eigenvalue weighted by molar-refractivity contribution is -0.384. The average Bonchev–Trinajstić information content (AvgIpc) is 3.49. The topological polar surface area (TPSA) is 99.0 Å². The van der Waals surface area contributed by atoms with E-state index in [1.807, 2.05) is 78.9 Å². The second-order valence-corrected chi connectivity index (χ2v) is 9.98. The number of carbonyl (C=O) groups is 2. The minimum absolute atomic E-state index is 0.0326. The molecule has 6 rings (SSSR count). The lowest BCUT2D eigenvalue weighted by atomic mass is 9.78. The molecule has 1 unspecified atom stereocenters. The van der Waals surface area contributed by atoms with Crippen molar-refractivity contribution in [2.24, 2.45) is 0 Å². The van der Waals surface area contributed by atoms with E-state index in [1.54, 1.807) is 4.90 Å². The summed E-state index contributed by atoms with van der Waals surface area (Å²) in [6, 6.07) is 28.7. The first-order chi connectivity index (χ1) is 19.9. The molecule has 2 aliphatic rings. The quantitative estimate of drug-likeness (QED) is 0.182. The van der Waals surface area contributed by atoms with Gasteiger partial charge in [0, 0.05) is 18.7 Å². The number of ether oxygens (including phenoxy) is 2. The Labute approximate surface area is 235 Å². The summed E-state index contributed by atoms with van der Waals surface area (Å²) in [6.45, 7) is -0.114. The predicted octanol–water partition coefficient (Wildman–Crippen LogP) is 5.29. The number of likely N-dealkylation sites (tertiary alicyclic amines) is 1. The summed E-state index contributed by atoms with van der Waals surface area (Å²) in [6.07, 6.45) is -3.23. The Bertz CT molecular complexity index is 1600. The molecule has 9 heteroatoms. The number of fused-ring (bicyclic) bond motifs is 3. The summed E-state index contributed by atoms with van der Waals surface area (Å²) in [5.74, 6) is -1.64. The minimum atomic E-state index is -1.91. The highest BCUT2D eigenvalue weighted by atomic mass is 19.1. The van der Waals surface area contributed by atoms with Crippen LogP contribution in [0.1, 0.15) is 27.0 Å². The van der Waals surface area contributed by atoms with E-state index in [-0.39, 0.29) is 17.8 Å². The molecule has 1 aliphatic carbocycles. The molecule has 0 aromatic heterocycles. The van der Waals surface area contributed by atoms with Gasteiger partial charge in [-0.05, 0) is 39.9 Å². The SMILES string of the molecule is COC(=O)[C@@H]1[C@H](F)C(OC(=O)c2ccc([N+](=O)[O-])cc2)CN1C1(c2ccccc2)c2ccccc2-c2ccccc21. The molecule has 4 aromatic carbocycles. The van der Waals surface area contributed by atoms with Crippen LogP contribution in [0.2, 0.25) is 0 Å². The first-order valence-electron chi connectivity index (χ1n) is 13.1. The molecule has 1 aliphatic heterocycles. The molecule has 1 saturated heterocycles. The normalized spacial score (nSPS) is 20.6. The zero-order chi connectivity index (χ0) is 28.7. The van der Waals surface area contributed by atoms with Crippen LogP contribution < -0.4 is 0 Å². The minimum Gasteiger partial charge on any atom is -0.468 e. The van der Waals surface area contributed by atoms with Crippen LogP contribution in [0.15, 0.2) is 103 Å². The van der Waals surface area contributed by atoms with Crippen molar-refractivity contribution in [3.63, 3.8) is 0 Å². The standard InChI is InChI=1S/C32H25FN2O6/c1-40-31(37)29-28(33)27(41-30(36)20-15-17-22(18-16-20)35(38)39)19-34(29)32(21-9-3-2-4-10-21)25-13-7-5-11-23(25)24-12-6-8-14-26(24)32/h2-18,27-29H,19H2,1H3/t27?,28-,29+/m1/s1. The van der Waals surface area contributed by atoms with Crippen LogP contribution in [0.4, 0.5) is 10.1 Å². The van der Waals surface area contributed by atoms with Crippen LogP contribution in [0.25, 0.3) is 11.1 Å². The lowest BCUT2D eigenvalue weighted by Crippen LogP contribution is -2.53. The van der Waals surface area contributed by atoms with Gasteiger partial charge in [-0.2, -0.15) is 0 Å². The van der Waals surface area contributed by atoms with Crippen LogP contribution in [0, 0.1) is 10.1 Å². The molecule has 0 amide bonds. The van der Waals surface area contributed by atoms with E-state index in [9.17, 15) is 19.7 Å². The van der Waals surface area contributed by atoms with Crippen LogP contribution >= 0.6 is 0 Å². The monoisotopic (exact) mass is 552 g/mol. The summed E-state index contributed by atoms with van der Waals surface area (Å²) in [5, 5.41) is 11.0. The van der Waals surface area contributed by atoms with Gasteiger partial charge in [0.05, 0.1) is 23.1 Å². The number of halogens is 1. The van der Waals surface area contributed by atoms with Gasteiger partial charge in [0.2, 0.25) is 0 Å². The third-order valence-corrected chi connectivity index (χ3v) is 7.93. The molecule has 206 valence electrons. The summed E-state index contributed by atoms with van der Waals surface area (Å²) < 4.78 is 27.1. The van der Waals surface area contributed by atoms with Gasteiger partial charge in [-0.15, -0.1) is 0 Å². The number of nitrogens with zero attached hydrogens (tertiary/aromatic N) is 2. The molecule has 8 nitrogen and oxygen atoms in total. The van der Waals surface area contributed by atoms with Crippen LogP contribution in [-0.2, 0) is 19.8 Å². The number of alkyl halides is 1. The molecular weight excluding hydrogens is 527 g/mol. The maximum atomic E-state index is 16.4. The van der Waals surface area contributed by atoms with Gasteiger partial charge in [0.25, 0.3) is 5.69 Å². The molecule has 0 N–H and O–H groups in total. The smallest absolute Gasteiger partial charge is 0.338 e. The van der Waals surface area contributed by atoms with Crippen LogP contribution in [-0.4, -0.2) is 53.7 Å². The van der Waals surface area contributed by atoms with Crippen molar-refractivity contribution in [1.82, 2.24) is 4.90 Å². The van der Waals surface area contributed by atoms with Gasteiger partial charge in [-0.25, -0.2) is 9.18 Å². The largest absolute Gasteiger partial charge is 0.468 e. The second-order valence-electron chi connectivity index (χ2n) is 9.98. The van der Waals surface area contributed by atoms with Gasteiger partial charge in [0.1, 0.15) is 12.1 Å². The molecular formula is C32H25FN2O6. The summed E-state index contributed by atoms with van der Waals surface area (Å²) in [5.41, 5.74) is 3.23. The van der Waals surface area contributed by atoms with Crippen molar-refractivity contribution in [3.05, 3.63) is 135 Å². The van der Waals surface area contributed by atoms with Crippen molar-refractivity contribution < 1.29 is 28.4 Å². The molecule has 3 atom stereocenters. The Hall–Kier alpha value is -4.89. The number of nitro benzene ring substituents is 1. The van der Waals surface area contributed by atoms with Crippen molar-refractivity contribution >= 4 is 17.6 Å². The summed E-state index contributed by atoms with van der Waals surface area (Å²) in [4.78, 5) is 38.5. The number of methoxy groups -OCH3 is 1. The molecule has 0 bridgehead atoms. The third-order valence-electron chi connectivity index (χ3n) is 7.93. The van der Waals surface area contributed by atoms with Gasteiger partial charge in [-0.1, -0.05) is 78.9 Å². The molecule has 4 aromatic rings. The summed E-state index contributed by atoms with van der Waals surface area (Å²) >= 11 is 0. The fourth-order valence-electron chi connectivity index (χ4n) is 6.21. The first-order valence-corrected chi connectivity index (χ1v) is 13.1. The van der Waals surface area contributed by atoms with Gasteiger partial charge in [-0.3, -0.25) is 19.8 Å². The maximum absolute atomic E-state index is 16.4. The first kappa shape index (κ1) is 26.3. The van der Waals surface area contributed by atoms with Crippen molar-refractivity contribution in [2.45, 2.75) is 23.9 Å². The van der Waals surface area contributed by atoms with E-state index < -0.39 is 40.7 Å². The van der Waals surface area contributed by atoms with E-state index in [4.69, 9.17) is 9.47 Å². The van der Waals surface area contributed by atoms with Crippen LogP contribution in [0.3, 0.4) is 0 Å². The Morgan fingerprint density at radius 2 is 1.44 bits per heavy atom. The molecule has 41 heavy (non-hydrogen) atoms. The Balaban J connectivity index is 1.48. The van der Waals surface area contributed by atoms with E-state index in [1.165, 1.54) is 31.4 Å².